The zero-order valence-electron chi connectivity index (χ0n) is 9.62. The van der Waals surface area contributed by atoms with Crippen LogP contribution in [0.15, 0.2) is 6.07 Å². The largest absolute Gasteiger partial charge is 0.336 e. The van der Waals surface area contributed by atoms with E-state index in [0.717, 1.165) is 37.0 Å². The van der Waals surface area contributed by atoms with Gasteiger partial charge in [0.25, 0.3) is 0 Å². The average molecular weight is 206 g/mol. The Kier molecular flexibility index (Phi) is 2.86. The first-order chi connectivity index (χ1) is 7.20. The van der Waals surface area contributed by atoms with Crippen molar-refractivity contribution < 1.29 is 0 Å². The van der Waals surface area contributed by atoms with E-state index in [2.05, 4.69) is 27.1 Å². The number of aryl methyl sites for hydroxylation is 2. The Bertz CT molecular complexity index is 326. The molecule has 0 saturated carbocycles. The van der Waals surface area contributed by atoms with E-state index in [1.54, 1.807) is 0 Å². The highest BCUT2D eigenvalue weighted by Crippen LogP contribution is 2.15. The zero-order valence-corrected chi connectivity index (χ0v) is 9.62. The minimum atomic E-state index is 0.566. The SMILES string of the molecule is CCN(c1nc(C)cc(C)n1)C1CNC1. The summed E-state index contributed by atoms with van der Waals surface area (Å²) in [5.41, 5.74) is 2.09. The maximum absolute atomic E-state index is 4.50. The number of rotatable bonds is 3. The summed E-state index contributed by atoms with van der Waals surface area (Å²) in [6.45, 7) is 9.25. The molecule has 15 heavy (non-hydrogen) atoms. The number of hydrogen-bond donors (Lipinski definition) is 1. The second kappa shape index (κ2) is 4.14. The summed E-state index contributed by atoms with van der Waals surface area (Å²) >= 11 is 0. The van der Waals surface area contributed by atoms with Crippen molar-refractivity contribution in [1.82, 2.24) is 15.3 Å². The third-order valence-electron chi connectivity index (χ3n) is 2.77. The normalized spacial score (nSPS) is 16.2. The lowest BCUT2D eigenvalue weighted by Gasteiger charge is -2.37. The molecule has 0 radical (unpaired) electrons. The standard InChI is InChI=1S/C11H18N4/c1-4-15(10-6-12-7-10)11-13-8(2)5-9(3)14-11/h5,10,12H,4,6-7H2,1-3H3. The molecule has 0 bridgehead atoms. The maximum atomic E-state index is 4.50. The summed E-state index contributed by atoms with van der Waals surface area (Å²) in [4.78, 5) is 11.3. The highest BCUT2D eigenvalue weighted by Gasteiger charge is 2.25. The van der Waals surface area contributed by atoms with Crippen molar-refractivity contribution in [3.05, 3.63) is 17.5 Å². The average Bonchev–Trinajstić information content (AvgIpc) is 2.08. The van der Waals surface area contributed by atoms with Gasteiger partial charge in [-0.3, -0.25) is 0 Å². The van der Waals surface area contributed by atoms with Gasteiger partial charge < -0.3 is 10.2 Å². The Morgan fingerprint density at radius 2 is 1.93 bits per heavy atom. The fraction of sp³-hybridized carbons (Fsp3) is 0.636. The van der Waals surface area contributed by atoms with E-state index in [0.29, 0.717) is 6.04 Å². The van der Waals surface area contributed by atoms with E-state index >= 15 is 0 Å². The van der Waals surface area contributed by atoms with Crippen molar-refractivity contribution in [3.8, 4) is 0 Å². The van der Waals surface area contributed by atoms with E-state index < -0.39 is 0 Å². The third-order valence-corrected chi connectivity index (χ3v) is 2.77. The molecule has 1 N–H and O–H groups in total. The lowest BCUT2D eigenvalue weighted by molar-refractivity contribution is 0.412. The van der Waals surface area contributed by atoms with Gasteiger partial charge in [-0.25, -0.2) is 9.97 Å². The summed E-state index contributed by atoms with van der Waals surface area (Å²) in [7, 11) is 0. The van der Waals surface area contributed by atoms with Crippen LogP contribution in [0.2, 0.25) is 0 Å². The maximum Gasteiger partial charge on any atom is 0.226 e. The lowest BCUT2D eigenvalue weighted by atomic mass is 10.1. The molecule has 0 unspecified atom stereocenters. The number of nitrogens with zero attached hydrogens (tertiary/aromatic N) is 3. The number of anilines is 1. The molecule has 1 aliphatic heterocycles. The van der Waals surface area contributed by atoms with Crippen molar-refractivity contribution in [2.45, 2.75) is 26.8 Å². The van der Waals surface area contributed by atoms with Crippen LogP contribution in [0, 0.1) is 13.8 Å². The van der Waals surface area contributed by atoms with Crippen LogP contribution in [-0.2, 0) is 0 Å². The molecule has 4 heteroatoms. The quantitative estimate of drug-likeness (QED) is 0.797. The molecule has 1 aromatic heterocycles. The Hall–Kier alpha value is -1.16. The minimum absolute atomic E-state index is 0.566. The molecule has 82 valence electrons. The molecule has 1 aromatic rings. The van der Waals surface area contributed by atoms with Crippen molar-refractivity contribution >= 4 is 5.95 Å². The first-order valence-electron chi connectivity index (χ1n) is 5.50. The van der Waals surface area contributed by atoms with Crippen LogP contribution in [0.3, 0.4) is 0 Å². The molecule has 1 aliphatic rings. The molecule has 1 saturated heterocycles. The van der Waals surface area contributed by atoms with Crippen molar-refractivity contribution in [1.29, 1.82) is 0 Å². The topological polar surface area (TPSA) is 41.1 Å². The Morgan fingerprint density at radius 1 is 1.33 bits per heavy atom. The molecular formula is C11H18N4. The van der Waals surface area contributed by atoms with Gasteiger partial charge in [-0.2, -0.15) is 0 Å². The van der Waals surface area contributed by atoms with Gasteiger partial charge in [0.1, 0.15) is 0 Å². The first-order valence-corrected chi connectivity index (χ1v) is 5.50. The van der Waals surface area contributed by atoms with Gasteiger partial charge in [0.05, 0.1) is 6.04 Å². The Balaban J connectivity index is 2.24. The van der Waals surface area contributed by atoms with Crippen molar-refractivity contribution in [2.24, 2.45) is 0 Å². The lowest BCUT2D eigenvalue weighted by Crippen LogP contribution is -2.57. The Labute approximate surface area is 90.7 Å². The summed E-state index contributed by atoms with van der Waals surface area (Å²) < 4.78 is 0. The molecule has 4 nitrogen and oxygen atoms in total. The number of aromatic nitrogens is 2. The second-order valence-corrected chi connectivity index (χ2v) is 4.05. The first kappa shape index (κ1) is 10.4. The van der Waals surface area contributed by atoms with Gasteiger partial charge in [0, 0.05) is 31.0 Å². The van der Waals surface area contributed by atoms with Crippen LogP contribution in [0.1, 0.15) is 18.3 Å². The van der Waals surface area contributed by atoms with E-state index in [-0.39, 0.29) is 0 Å². The van der Waals surface area contributed by atoms with Crippen LogP contribution < -0.4 is 10.2 Å². The Morgan fingerprint density at radius 3 is 2.33 bits per heavy atom. The highest BCUT2D eigenvalue weighted by atomic mass is 15.3. The molecule has 0 aliphatic carbocycles. The summed E-state index contributed by atoms with van der Waals surface area (Å²) in [5.74, 6) is 0.876. The molecule has 2 heterocycles. The van der Waals surface area contributed by atoms with Crippen LogP contribution in [0.4, 0.5) is 5.95 Å². The van der Waals surface area contributed by atoms with E-state index in [1.807, 2.05) is 19.9 Å². The fourth-order valence-corrected chi connectivity index (χ4v) is 1.89. The number of hydrogen-bond acceptors (Lipinski definition) is 4. The molecular weight excluding hydrogens is 188 g/mol. The third kappa shape index (κ3) is 2.09. The molecule has 0 atom stereocenters. The zero-order chi connectivity index (χ0) is 10.8. The van der Waals surface area contributed by atoms with Crippen molar-refractivity contribution in [2.75, 3.05) is 24.5 Å². The van der Waals surface area contributed by atoms with E-state index in [4.69, 9.17) is 0 Å². The van der Waals surface area contributed by atoms with E-state index in [1.165, 1.54) is 0 Å². The number of likely N-dealkylation sites (N-methyl/N-ethyl adjacent to an activating group) is 1. The van der Waals surface area contributed by atoms with Gasteiger partial charge in [0.2, 0.25) is 5.95 Å². The highest BCUT2D eigenvalue weighted by molar-refractivity contribution is 5.35. The van der Waals surface area contributed by atoms with Crippen molar-refractivity contribution in [3.63, 3.8) is 0 Å². The molecule has 0 aromatic carbocycles. The van der Waals surface area contributed by atoms with Gasteiger partial charge in [-0.15, -0.1) is 0 Å². The molecule has 1 fully saturated rings. The summed E-state index contributed by atoms with van der Waals surface area (Å²) in [6, 6.07) is 2.58. The van der Waals surface area contributed by atoms with Gasteiger partial charge in [-0.05, 0) is 26.8 Å². The monoisotopic (exact) mass is 206 g/mol. The minimum Gasteiger partial charge on any atom is -0.336 e. The number of nitrogens with one attached hydrogen (secondary N) is 1. The molecule has 0 amide bonds. The summed E-state index contributed by atoms with van der Waals surface area (Å²) in [6.07, 6.45) is 0. The van der Waals surface area contributed by atoms with Crippen LogP contribution in [0.5, 0.6) is 0 Å². The van der Waals surface area contributed by atoms with Crippen LogP contribution >= 0.6 is 0 Å². The molecule has 2 rings (SSSR count). The second-order valence-electron chi connectivity index (χ2n) is 4.05. The molecule has 0 spiro atoms. The van der Waals surface area contributed by atoms with Gasteiger partial charge >= 0.3 is 0 Å². The summed E-state index contributed by atoms with van der Waals surface area (Å²) in [5, 5.41) is 3.28. The predicted molar refractivity (Wildman–Crippen MR) is 61.2 cm³/mol. The van der Waals surface area contributed by atoms with Crippen LogP contribution in [0.25, 0.3) is 0 Å². The van der Waals surface area contributed by atoms with Crippen LogP contribution in [-0.4, -0.2) is 35.6 Å². The van der Waals surface area contributed by atoms with Gasteiger partial charge in [0.15, 0.2) is 0 Å². The van der Waals surface area contributed by atoms with Gasteiger partial charge in [-0.1, -0.05) is 0 Å². The predicted octanol–water partition coefficient (Wildman–Crippen LogP) is 0.892. The fourth-order valence-electron chi connectivity index (χ4n) is 1.89. The van der Waals surface area contributed by atoms with E-state index in [9.17, 15) is 0 Å². The smallest absolute Gasteiger partial charge is 0.226 e.